The molecule has 2 aromatic heterocycles. The van der Waals surface area contributed by atoms with Crippen molar-refractivity contribution in [2.24, 2.45) is 0 Å². The molecule has 2 N–H and O–H groups in total. The van der Waals surface area contributed by atoms with Gasteiger partial charge in [-0.05, 0) is 36.3 Å². The lowest BCUT2D eigenvalue weighted by molar-refractivity contribution is -0.0383. The van der Waals surface area contributed by atoms with Gasteiger partial charge in [0.2, 0.25) is 5.95 Å². The van der Waals surface area contributed by atoms with Gasteiger partial charge in [0.15, 0.2) is 33.6 Å². The monoisotopic (exact) mass is 564 g/mol. The molecule has 2 aliphatic heterocycles. The Morgan fingerprint density at radius 3 is 2.24 bits per heavy atom. The molecule has 0 radical (unpaired) electrons. The van der Waals surface area contributed by atoms with E-state index < -0.39 is 16.6 Å². The van der Waals surface area contributed by atoms with Crippen molar-refractivity contribution in [1.82, 2.24) is 19.5 Å². The molecule has 4 rings (SSSR count). The molecule has 214 valence electrons. The Labute approximate surface area is 229 Å². The standard InChI is InChI=1S/C26H48N6O4Si2/c1-25(2,3)37(7,8)34-16-19-18(36-38(9,10)26(4,5)6)15-20(35-19)32-17-28-21-22(29-24(27)30-23(21)32)31-11-13-33-14-12-31/h17-20H,11-16H2,1-10H3,(H2,27,29,30)/t18-,19+,20+/m0/s1. The molecule has 0 bridgehead atoms. The summed E-state index contributed by atoms with van der Waals surface area (Å²) in [4.78, 5) is 16.0. The maximum atomic E-state index is 6.95. The molecule has 0 unspecified atom stereocenters. The van der Waals surface area contributed by atoms with Crippen molar-refractivity contribution in [2.45, 2.75) is 103 Å². The summed E-state index contributed by atoms with van der Waals surface area (Å²) in [6.07, 6.45) is 1.95. The van der Waals surface area contributed by atoms with Gasteiger partial charge in [-0.1, -0.05) is 41.5 Å². The Kier molecular flexibility index (Phi) is 8.08. The number of nitrogens with zero attached hydrogens (tertiary/aromatic N) is 5. The molecule has 38 heavy (non-hydrogen) atoms. The maximum absolute atomic E-state index is 6.95. The normalized spacial score (nSPS) is 23.9. The van der Waals surface area contributed by atoms with E-state index in [-0.39, 0.29) is 34.5 Å². The lowest BCUT2D eigenvalue weighted by Gasteiger charge is -2.40. The van der Waals surface area contributed by atoms with Crippen molar-refractivity contribution in [1.29, 1.82) is 0 Å². The number of nitrogens with two attached hydrogens (primary N) is 1. The Morgan fingerprint density at radius 2 is 1.63 bits per heavy atom. The highest BCUT2D eigenvalue weighted by Crippen LogP contribution is 2.43. The highest BCUT2D eigenvalue weighted by molar-refractivity contribution is 6.74. The van der Waals surface area contributed by atoms with E-state index in [2.05, 4.69) is 82.6 Å². The van der Waals surface area contributed by atoms with Gasteiger partial charge in [-0.2, -0.15) is 9.97 Å². The zero-order valence-corrected chi connectivity index (χ0v) is 27.0. The van der Waals surface area contributed by atoms with Crippen LogP contribution in [-0.4, -0.2) is 81.3 Å². The van der Waals surface area contributed by atoms with Gasteiger partial charge in [0.05, 0.1) is 32.3 Å². The predicted octanol–water partition coefficient (Wildman–Crippen LogP) is 4.94. The Balaban J connectivity index is 1.64. The first kappa shape index (κ1) is 29.4. The van der Waals surface area contributed by atoms with E-state index in [0.717, 1.165) is 24.4 Å². The van der Waals surface area contributed by atoms with Gasteiger partial charge >= 0.3 is 0 Å². The third-order valence-corrected chi connectivity index (χ3v) is 17.9. The van der Waals surface area contributed by atoms with Crippen LogP contribution in [0.15, 0.2) is 6.33 Å². The third-order valence-electron chi connectivity index (χ3n) is 8.89. The molecule has 0 spiro atoms. The van der Waals surface area contributed by atoms with Crippen LogP contribution in [0.1, 0.15) is 54.2 Å². The highest BCUT2D eigenvalue weighted by atomic mass is 28.4. The van der Waals surface area contributed by atoms with Gasteiger partial charge in [0.25, 0.3) is 0 Å². The molecule has 2 saturated heterocycles. The first-order valence-electron chi connectivity index (χ1n) is 13.8. The Hall–Kier alpha value is -1.58. The Bertz CT molecular complexity index is 1120. The van der Waals surface area contributed by atoms with Crippen LogP contribution < -0.4 is 10.6 Å². The number of morpholine rings is 1. The minimum absolute atomic E-state index is 0.0824. The van der Waals surface area contributed by atoms with E-state index in [9.17, 15) is 0 Å². The fourth-order valence-corrected chi connectivity index (χ4v) is 6.70. The van der Waals surface area contributed by atoms with E-state index >= 15 is 0 Å². The van der Waals surface area contributed by atoms with E-state index in [0.29, 0.717) is 31.9 Å². The SMILES string of the molecule is CC(C)(C)[Si](C)(C)OC[C@H]1O[C@@H](n2cnc3c(N4CCOCC4)nc(N)nc32)C[C@@H]1O[Si](C)(C)C(C)(C)C. The molecular weight excluding hydrogens is 516 g/mol. The molecule has 0 aliphatic carbocycles. The van der Waals surface area contributed by atoms with Crippen LogP contribution in [0.5, 0.6) is 0 Å². The average molecular weight is 565 g/mol. The molecule has 0 aromatic carbocycles. The van der Waals surface area contributed by atoms with E-state index in [4.69, 9.17) is 29.0 Å². The summed E-state index contributed by atoms with van der Waals surface area (Å²) < 4.78 is 27.8. The predicted molar refractivity (Wildman–Crippen MR) is 157 cm³/mol. The van der Waals surface area contributed by atoms with E-state index in [1.54, 1.807) is 6.33 Å². The molecule has 4 heterocycles. The second kappa shape index (κ2) is 10.4. The van der Waals surface area contributed by atoms with Crippen molar-refractivity contribution in [3.63, 3.8) is 0 Å². The minimum Gasteiger partial charge on any atom is -0.414 e. The molecule has 0 saturated carbocycles. The number of ether oxygens (including phenoxy) is 2. The molecule has 2 fully saturated rings. The number of aromatic nitrogens is 4. The summed E-state index contributed by atoms with van der Waals surface area (Å²) >= 11 is 0. The third kappa shape index (κ3) is 5.95. The van der Waals surface area contributed by atoms with Gasteiger partial charge in [0.1, 0.15) is 12.3 Å². The first-order valence-corrected chi connectivity index (χ1v) is 19.6. The molecule has 12 heteroatoms. The van der Waals surface area contributed by atoms with E-state index in [1.807, 2.05) is 4.57 Å². The molecule has 0 amide bonds. The molecule has 10 nitrogen and oxygen atoms in total. The second-order valence-corrected chi connectivity index (χ2v) is 23.2. The first-order chi connectivity index (χ1) is 17.5. The van der Waals surface area contributed by atoms with Gasteiger partial charge < -0.3 is 29.0 Å². The zero-order valence-electron chi connectivity index (χ0n) is 25.0. The van der Waals surface area contributed by atoms with Crippen molar-refractivity contribution in [2.75, 3.05) is 43.5 Å². The summed E-state index contributed by atoms with van der Waals surface area (Å²) in [6.45, 7) is 26.0. The zero-order chi connectivity index (χ0) is 28.1. The number of hydrogen-bond donors (Lipinski definition) is 1. The van der Waals surface area contributed by atoms with Crippen LogP contribution >= 0.6 is 0 Å². The average Bonchev–Trinajstić information content (AvgIpc) is 3.39. The lowest BCUT2D eigenvalue weighted by atomic mass is 10.2. The van der Waals surface area contributed by atoms with Crippen LogP contribution in [0.25, 0.3) is 11.2 Å². The topological polar surface area (TPSA) is 110 Å². The summed E-state index contributed by atoms with van der Waals surface area (Å²) in [5.41, 5.74) is 7.59. The summed E-state index contributed by atoms with van der Waals surface area (Å²) in [5.74, 6) is 0.977. The van der Waals surface area contributed by atoms with Gasteiger partial charge in [-0.3, -0.25) is 4.57 Å². The van der Waals surface area contributed by atoms with Crippen molar-refractivity contribution in [3.05, 3.63) is 6.33 Å². The second-order valence-electron chi connectivity index (χ2n) is 13.7. The van der Waals surface area contributed by atoms with Crippen molar-refractivity contribution < 1.29 is 18.3 Å². The van der Waals surface area contributed by atoms with Gasteiger partial charge in [-0.25, -0.2) is 4.98 Å². The minimum atomic E-state index is -2.05. The molecule has 2 aliphatic rings. The fourth-order valence-electron chi connectivity index (χ4n) is 4.33. The van der Waals surface area contributed by atoms with Crippen LogP contribution in [0, 0.1) is 0 Å². The summed E-state index contributed by atoms with van der Waals surface area (Å²) in [7, 11) is -4.00. The number of nitrogen functional groups attached to an aromatic ring is 1. The van der Waals surface area contributed by atoms with Crippen LogP contribution in [0.2, 0.25) is 36.3 Å². The van der Waals surface area contributed by atoms with E-state index in [1.165, 1.54) is 0 Å². The van der Waals surface area contributed by atoms with Gasteiger partial charge in [0, 0.05) is 19.5 Å². The number of imidazole rings is 1. The molecular formula is C26H48N6O4Si2. The summed E-state index contributed by atoms with van der Waals surface area (Å²) in [6, 6.07) is 0. The highest BCUT2D eigenvalue weighted by Gasteiger charge is 2.47. The van der Waals surface area contributed by atoms with Crippen molar-refractivity contribution >= 4 is 39.6 Å². The number of fused-ring (bicyclic) bond motifs is 1. The Morgan fingerprint density at radius 1 is 1.00 bits per heavy atom. The van der Waals surface area contributed by atoms with Crippen molar-refractivity contribution in [3.8, 4) is 0 Å². The van der Waals surface area contributed by atoms with Crippen LogP contribution in [0.4, 0.5) is 11.8 Å². The number of anilines is 2. The van der Waals surface area contributed by atoms with Crippen LogP contribution in [-0.2, 0) is 18.3 Å². The number of hydrogen-bond acceptors (Lipinski definition) is 9. The molecule has 3 atom stereocenters. The largest absolute Gasteiger partial charge is 0.414 e. The number of rotatable bonds is 7. The quantitative estimate of drug-likeness (QED) is 0.467. The van der Waals surface area contributed by atoms with Gasteiger partial charge in [-0.15, -0.1) is 0 Å². The van der Waals surface area contributed by atoms with Crippen LogP contribution in [0.3, 0.4) is 0 Å². The lowest BCUT2D eigenvalue weighted by Crippen LogP contribution is -2.48. The molecule has 2 aromatic rings. The summed E-state index contributed by atoms with van der Waals surface area (Å²) in [5, 5.41) is 0.206. The fraction of sp³-hybridized carbons (Fsp3) is 0.808. The maximum Gasteiger partial charge on any atom is 0.224 e. The smallest absolute Gasteiger partial charge is 0.224 e.